The maximum absolute atomic E-state index is 11.7. The zero-order chi connectivity index (χ0) is 13.7. The monoisotopic (exact) mass is 316 g/mol. The van der Waals surface area contributed by atoms with E-state index in [1.54, 1.807) is 0 Å². The molecule has 0 fully saturated rings. The highest BCUT2D eigenvalue weighted by Gasteiger charge is 2.15. The zero-order valence-electron chi connectivity index (χ0n) is 9.61. The summed E-state index contributed by atoms with van der Waals surface area (Å²) >= 11 is 3.16. The van der Waals surface area contributed by atoms with Crippen molar-refractivity contribution in [2.75, 3.05) is 12.3 Å². The number of aliphatic hydroxyl groups excluding tert-OH is 1. The van der Waals surface area contributed by atoms with Crippen LogP contribution in [0.4, 0.5) is 5.82 Å². The molecule has 7 nitrogen and oxygen atoms in total. The van der Waals surface area contributed by atoms with Crippen molar-refractivity contribution < 1.29 is 14.7 Å². The van der Waals surface area contributed by atoms with E-state index in [2.05, 4.69) is 31.8 Å². The second-order valence-electron chi connectivity index (χ2n) is 3.61. The quantitative estimate of drug-likeness (QED) is 0.577. The molecule has 8 heteroatoms. The lowest BCUT2D eigenvalue weighted by Gasteiger charge is -2.11. The summed E-state index contributed by atoms with van der Waals surface area (Å²) in [6.07, 6.45) is 1.46. The first-order valence-corrected chi connectivity index (χ1v) is 5.87. The molecule has 1 rings (SSSR count). The summed E-state index contributed by atoms with van der Waals surface area (Å²) in [5.41, 5.74) is 10.1. The van der Waals surface area contributed by atoms with E-state index in [1.165, 1.54) is 19.2 Å². The fourth-order valence-electron chi connectivity index (χ4n) is 1.02. The van der Waals surface area contributed by atoms with Gasteiger partial charge in [-0.25, -0.2) is 4.98 Å². The molecule has 0 saturated carbocycles. The zero-order valence-corrected chi connectivity index (χ0v) is 11.2. The largest absolute Gasteiger partial charge is 0.396 e. The number of carbonyl (C=O) groups is 2. The normalized spacial score (nSPS) is 11.7. The SMILES string of the molecule is C[C@@H](CO)C(=O)NNC(=O)c1cc(Br)cnc1N. The number of halogens is 1. The van der Waals surface area contributed by atoms with Gasteiger partial charge in [0.2, 0.25) is 5.91 Å². The summed E-state index contributed by atoms with van der Waals surface area (Å²) in [4.78, 5) is 26.8. The van der Waals surface area contributed by atoms with E-state index >= 15 is 0 Å². The fraction of sp³-hybridized carbons (Fsp3) is 0.300. The Hall–Kier alpha value is -1.67. The van der Waals surface area contributed by atoms with Gasteiger partial charge in [-0.15, -0.1) is 0 Å². The number of rotatable bonds is 3. The highest BCUT2D eigenvalue weighted by atomic mass is 79.9. The van der Waals surface area contributed by atoms with Crippen molar-refractivity contribution in [2.24, 2.45) is 5.92 Å². The number of nitrogens with two attached hydrogens (primary N) is 1. The molecule has 0 bridgehead atoms. The van der Waals surface area contributed by atoms with Crippen LogP contribution >= 0.6 is 15.9 Å². The van der Waals surface area contributed by atoms with Gasteiger partial charge in [0.1, 0.15) is 5.82 Å². The molecule has 0 aliphatic rings. The van der Waals surface area contributed by atoms with Crippen molar-refractivity contribution in [1.29, 1.82) is 0 Å². The Bertz CT molecular complexity index is 466. The molecule has 1 aromatic rings. The summed E-state index contributed by atoms with van der Waals surface area (Å²) in [5, 5.41) is 8.76. The number of nitrogens with one attached hydrogen (secondary N) is 2. The second-order valence-corrected chi connectivity index (χ2v) is 4.53. The Labute approximate surface area is 112 Å². The summed E-state index contributed by atoms with van der Waals surface area (Å²) < 4.78 is 0.594. The Morgan fingerprint density at radius 3 is 2.83 bits per heavy atom. The average molecular weight is 317 g/mol. The van der Waals surface area contributed by atoms with E-state index in [-0.39, 0.29) is 18.0 Å². The number of carbonyl (C=O) groups excluding carboxylic acids is 2. The molecule has 0 spiro atoms. The average Bonchev–Trinajstić information content (AvgIpc) is 2.37. The van der Waals surface area contributed by atoms with E-state index in [1.807, 2.05) is 0 Å². The van der Waals surface area contributed by atoms with Crippen molar-refractivity contribution in [3.05, 3.63) is 22.3 Å². The van der Waals surface area contributed by atoms with Crippen LogP contribution in [0, 0.1) is 5.92 Å². The molecule has 0 saturated heterocycles. The van der Waals surface area contributed by atoms with Gasteiger partial charge in [-0.3, -0.25) is 20.4 Å². The van der Waals surface area contributed by atoms with Crippen molar-refractivity contribution in [1.82, 2.24) is 15.8 Å². The van der Waals surface area contributed by atoms with Gasteiger partial charge in [0.05, 0.1) is 18.1 Å². The smallest absolute Gasteiger partial charge is 0.273 e. The van der Waals surface area contributed by atoms with Crippen LogP contribution in [0.25, 0.3) is 0 Å². The predicted octanol–water partition coefficient (Wildman–Crippen LogP) is -0.184. The van der Waals surface area contributed by atoms with Crippen molar-refractivity contribution in [3.8, 4) is 0 Å². The molecule has 0 unspecified atom stereocenters. The van der Waals surface area contributed by atoms with Crippen LogP contribution in [0.5, 0.6) is 0 Å². The summed E-state index contributed by atoms with van der Waals surface area (Å²) in [5.74, 6) is -1.63. The third-order valence-corrected chi connectivity index (χ3v) is 2.58. The Balaban J connectivity index is 2.66. The lowest BCUT2D eigenvalue weighted by atomic mass is 10.2. The molecule has 1 aromatic heterocycles. The van der Waals surface area contributed by atoms with Crippen LogP contribution in [-0.2, 0) is 4.79 Å². The molecule has 2 amide bonds. The van der Waals surface area contributed by atoms with E-state index in [0.717, 1.165) is 0 Å². The highest BCUT2D eigenvalue weighted by molar-refractivity contribution is 9.10. The first kappa shape index (κ1) is 14.4. The molecule has 1 heterocycles. The minimum absolute atomic E-state index is 0.0557. The maximum atomic E-state index is 11.7. The lowest BCUT2D eigenvalue weighted by molar-refractivity contribution is -0.126. The number of nitrogens with zero attached hydrogens (tertiary/aromatic N) is 1. The molecule has 5 N–H and O–H groups in total. The Morgan fingerprint density at radius 1 is 1.56 bits per heavy atom. The number of aliphatic hydroxyl groups is 1. The van der Waals surface area contributed by atoms with Crippen LogP contribution in [0.1, 0.15) is 17.3 Å². The second kappa shape index (κ2) is 6.31. The number of hydrogen-bond acceptors (Lipinski definition) is 5. The number of pyridine rings is 1. The standard InChI is InChI=1S/C10H13BrN4O3/c1-5(4-16)9(17)14-15-10(18)7-2-6(11)3-13-8(7)12/h2-3,5,16H,4H2,1H3,(H2,12,13)(H,14,17)(H,15,18)/t5-/m0/s1. The number of aromatic nitrogens is 1. The van der Waals surface area contributed by atoms with Gasteiger partial charge in [-0.1, -0.05) is 6.92 Å². The Morgan fingerprint density at radius 2 is 2.22 bits per heavy atom. The van der Waals surface area contributed by atoms with Crippen LogP contribution in [-0.4, -0.2) is 28.5 Å². The van der Waals surface area contributed by atoms with Crippen LogP contribution < -0.4 is 16.6 Å². The van der Waals surface area contributed by atoms with Crippen LogP contribution in [0.2, 0.25) is 0 Å². The van der Waals surface area contributed by atoms with Gasteiger partial charge < -0.3 is 10.8 Å². The molecule has 0 aliphatic carbocycles. The topological polar surface area (TPSA) is 117 Å². The maximum Gasteiger partial charge on any atom is 0.273 e. The number of hydrazine groups is 1. The lowest BCUT2D eigenvalue weighted by Crippen LogP contribution is -2.44. The van der Waals surface area contributed by atoms with Crippen molar-refractivity contribution in [2.45, 2.75) is 6.92 Å². The van der Waals surface area contributed by atoms with Gasteiger partial charge in [0, 0.05) is 10.7 Å². The van der Waals surface area contributed by atoms with E-state index in [4.69, 9.17) is 10.8 Å². The third kappa shape index (κ3) is 3.67. The van der Waals surface area contributed by atoms with Gasteiger partial charge in [-0.05, 0) is 22.0 Å². The number of amides is 2. The molecule has 0 aliphatic heterocycles. The van der Waals surface area contributed by atoms with Crippen molar-refractivity contribution in [3.63, 3.8) is 0 Å². The number of anilines is 1. The van der Waals surface area contributed by atoms with Crippen LogP contribution in [0.15, 0.2) is 16.7 Å². The van der Waals surface area contributed by atoms with Crippen LogP contribution in [0.3, 0.4) is 0 Å². The minimum atomic E-state index is -0.608. The molecule has 0 radical (unpaired) electrons. The predicted molar refractivity (Wildman–Crippen MR) is 68.2 cm³/mol. The number of hydrogen-bond donors (Lipinski definition) is 4. The molecular formula is C10H13BrN4O3. The summed E-state index contributed by atoms with van der Waals surface area (Å²) in [6.45, 7) is 1.22. The first-order chi connectivity index (χ1) is 8.45. The molecule has 0 aromatic carbocycles. The summed E-state index contributed by atoms with van der Waals surface area (Å²) in [6, 6.07) is 1.49. The molecule has 1 atom stereocenters. The molecule has 98 valence electrons. The number of nitrogen functional groups attached to an aromatic ring is 1. The van der Waals surface area contributed by atoms with Gasteiger partial charge >= 0.3 is 0 Å². The summed E-state index contributed by atoms with van der Waals surface area (Å²) in [7, 11) is 0. The van der Waals surface area contributed by atoms with Crippen molar-refractivity contribution >= 4 is 33.6 Å². The van der Waals surface area contributed by atoms with E-state index in [9.17, 15) is 9.59 Å². The van der Waals surface area contributed by atoms with E-state index < -0.39 is 17.7 Å². The molecular weight excluding hydrogens is 304 g/mol. The molecule has 18 heavy (non-hydrogen) atoms. The first-order valence-electron chi connectivity index (χ1n) is 5.07. The van der Waals surface area contributed by atoms with E-state index in [0.29, 0.717) is 4.47 Å². The third-order valence-electron chi connectivity index (χ3n) is 2.15. The fourth-order valence-corrected chi connectivity index (χ4v) is 1.35. The highest BCUT2D eigenvalue weighted by Crippen LogP contribution is 2.14. The van der Waals surface area contributed by atoms with Gasteiger partial charge in [0.15, 0.2) is 0 Å². The Kier molecular flexibility index (Phi) is 5.05. The minimum Gasteiger partial charge on any atom is -0.396 e. The van der Waals surface area contributed by atoms with Gasteiger partial charge in [-0.2, -0.15) is 0 Å². The van der Waals surface area contributed by atoms with Gasteiger partial charge in [0.25, 0.3) is 5.91 Å².